The molecule has 4 nitrogen and oxygen atoms in total. The molecule has 0 aromatic heterocycles. The highest BCUT2D eigenvalue weighted by Crippen LogP contribution is 2.48. The summed E-state index contributed by atoms with van der Waals surface area (Å²) in [4.78, 5) is 23.6. The van der Waals surface area contributed by atoms with Crippen LogP contribution in [0.4, 0.5) is 0 Å². The van der Waals surface area contributed by atoms with Gasteiger partial charge in [-0.3, -0.25) is 9.59 Å². The predicted octanol–water partition coefficient (Wildman–Crippen LogP) is 1.62. The maximum atomic E-state index is 12.2. The number of benzene rings is 1. The fourth-order valence-electron chi connectivity index (χ4n) is 2.15. The van der Waals surface area contributed by atoms with Gasteiger partial charge in [-0.05, 0) is 37.5 Å². The topological polar surface area (TPSA) is 58.2 Å². The van der Waals surface area contributed by atoms with Crippen molar-refractivity contribution in [1.82, 2.24) is 10.6 Å². The van der Waals surface area contributed by atoms with E-state index in [9.17, 15) is 9.59 Å². The van der Waals surface area contributed by atoms with Crippen molar-refractivity contribution in [2.75, 3.05) is 13.1 Å². The average Bonchev–Trinajstić information content (AvgIpc) is 3.18. The van der Waals surface area contributed by atoms with E-state index >= 15 is 0 Å². The number of carbonyl (C=O) groups excluding carboxylic acids is 2. The van der Waals surface area contributed by atoms with Crippen molar-refractivity contribution in [2.24, 2.45) is 0 Å². The van der Waals surface area contributed by atoms with Crippen molar-refractivity contribution in [2.45, 2.75) is 25.2 Å². The summed E-state index contributed by atoms with van der Waals surface area (Å²) in [6.07, 6.45) is 1.60. The molecule has 0 saturated heterocycles. The fraction of sp³-hybridized carbons (Fsp3) is 0.429. The van der Waals surface area contributed by atoms with Crippen LogP contribution in [0.1, 0.15) is 25.3 Å². The van der Waals surface area contributed by atoms with Gasteiger partial charge in [-0.25, -0.2) is 0 Å². The Morgan fingerprint density at radius 2 is 2.05 bits per heavy atom. The number of nitrogens with one attached hydrogen (secondary N) is 2. The third-order valence-electron chi connectivity index (χ3n) is 3.35. The monoisotopic (exact) mass is 280 g/mol. The van der Waals surface area contributed by atoms with Crippen molar-refractivity contribution in [3.05, 3.63) is 34.9 Å². The van der Waals surface area contributed by atoms with Crippen LogP contribution in [0.2, 0.25) is 5.02 Å². The second-order valence-electron chi connectivity index (χ2n) is 4.73. The molecule has 2 rings (SSSR count). The Morgan fingerprint density at radius 3 is 2.63 bits per heavy atom. The molecule has 102 valence electrons. The molecular formula is C14H17ClN2O2. The predicted molar refractivity (Wildman–Crippen MR) is 74.1 cm³/mol. The second kappa shape index (κ2) is 5.61. The summed E-state index contributed by atoms with van der Waals surface area (Å²) in [6, 6.07) is 7.35. The van der Waals surface area contributed by atoms with Crippen LogP contribution in [0.25, 0.3) is 0 Å². The SMILES string of the molecule is CCNC(=O)CNC(=O)C1(c2cccc(Cl)c2)CC1. The van der Waals surface area contributed by atoms with Gasteiger partial charge >= 0.3 is 0 Å². The number of rotatable bonds is 5. The van der Waals surface area contributed by atoms with E-state index in [1.165, 1.54) is 0 Å². The molecular weight excluding hydrogens is 264 g/mol. The standard InChI is InChI=1S/C14H17ClN2O2/c1-2-16-12(18)9-17-13(19)14(6-7-14)10-4-3-5-11(15)8-10/h3-5,8H,2,6-7,9H2,1H3,(H,16,18)(H,17,19). The summed E-state index contributed by atoms with van der Waals surface area (Å²) in [5, 5.41) is 5.97. The third-order valence-corrected chi connectivity index (χ3v) is 3.58. The fourth-order valence-corrected chi connectivity index (χ4v) is 2.34. The van der Waals surface area contributed by atoms with Gasteiger partial charge in [-0.15, -0.1) is 0 Å². The van der Waals surface area contributed by atoms with E-state index in [0.29, 0.717) is 11.6 Å². The maximum Gasteiger partial charge on any atom is 0.239 e. The lowest BCUT2D eigenvalue weighted by atomic mass is 9.95. The van der Waals surface area contributed by atoms with Gasteiger partial charge < -0.3 is 10.6 Å². The molecule has 1 aromatic rings. The minimum absolute atomic E-state index is 0.0228. The average molecular weight is 281 g/mol. The number of hydrogen-bond acceptors (Lipinski definition) is 2. The Morgan fingerprint density at radius 1 is 1.32 bits per heavy atom. The lowest BCUT2D eigenvalue weighted by Crippen LogP contribution is -2.41. The molecule has 2 amide bonds. The van der Waals surface area contributed by atoms with Crippen LogP contribution in [-0.4, -0.2) is 24.9 Å². The molecule has 5 heteroatoms. The first-order valence-corrected chi connectivity index (χ1v) is 6.77. The summed E-state index contributed by atoms with van der Waals surface area (Å²) >= 11 is 5.96. The smallest absolute Gasteiger partial charge is 0.239 e. The van der Waals surface area contributed by atoms with Crippen LogP contribution in [0.5, 0.6) is 0 Å². The molecule has 0 radical (unpaired) electrons. The van der Waals surface area contributed by atoms with Gasteiger partial charge in [0, 0.05) is 11.6 Å². The molecule has 0 atom stereocenters. The molecule has 2 N–H and O–H groups in total. The van der Waals surface area contributed by atoms with E-state index in [4.69, 9.17) is 11.6 Å². The van der Waals surface area contributed by atoms with Crippen LogP contribution in [-0.2, 0) is 15.0 Å². The molecule has 1 aliphatic carbocycles. The molecule has 0 bridgehead atoms. The molecule has 1 saturated carbocycles. The summed E-state index contributed by atoms with van der Waals surface area (Å²) < 4.78 is 0. The zero-order valence-corrected chi connectivity index (χ0v) is 11.6. The Labute approximate surface area is 117 Å². The van der Waals surface area contributed by atoms with Crippen LogP contribution >= 0.6 is 11.6 Å². The first-order valence-electron chi connectivity index (χ1n) is 6.39. The molecule has 1 aliphatic rings. The van der Waals surface area contributed by atoms with E-state index in [0.717, 1.165) is 18.4 Å². The van der Waals surface area contributed by atoms with Crippen molar-refractivity contribution in [3.8, 4) is 0 Å². The quantitative estimate of drug-likeness (QED) is 0.861. The van der Waals surface area contributed by atoms with Gasteiger partial charge in [-0.2, -0.15) is 0 Å². The first-order chi connectivity index (χ1) is 9.08. The summed E-state index contributed by atoms with van der Waals surface area (Å²) in [5.74, 6) is -0.265. The van der Waals surface area contributed by atoms with E-state index in [1.807, 2.05) is 25.1 Å². The molecule has 19 heavy (non-hydrogen) atoms. The van der Waals surface area contributed by atoms with Crippen molar-refractivity contribution < 1.29 is 9.59 Å². The number of halogens is 1. The van der Waals surface area contributed by atoms with Gasteiger partial charge in [0.15, 0.2) is 0 Å². The van der Waals surface area contributed by atoms with Gasteiger partial charge in [0.2, 0.25) is 11.8 Å². The summed E-state index contributed by atoms with van der Waals surface area (Å²) in [7, 11) is 0. The number of carbonyl (C=O) groups is 2. The van der Waals surface area contributed by atoms with Gasteiger partial charge in [0.25, 0.3) is 0 Å². The number of amides is 2. The maximum absolute atomic E-state index is 12.2. The number of hydrogen-bond donors (Lipinski definition) is 2. The first kappa shape index (κ1) is 13.9. The number of likely N-dealkylation sites (N-methyl/N-ethyl adjacent to an activating group) is 1. The van der Waals surface area contributed by atoms with Gasteiger partial charge in [-0.1, -0.05) is 23.7 Å². The van der Waals surface area contributed by atoms with Crippen LogP contribution in [0.3, 0.4) is 0 Å². The molecule has 1 aromatic carbocycles. The lowest BCUT2D eigenvalue weighted by molar-refractivity contribution is -0.127. The highest BCUT2D eigenvalue weighted by atomic mass is 35.5. The summed E-state index contributed by atoms with van der Waals surface area (Å²) in [6.45, 7) is 2.43. The third kappa shape index (κ3) is 3.07. The van der Waals surface area contributed by atoms with E-state index in [1.54, 1.807) is 6.07 Å². The van der Waals surface area contributed by atoms with E-state index in [2.05, 4.69) is 10.6 Å². The highest BCUT2D eigenvalue weighted by molar-refractivity contribution is 6.30. The summed E-state index contributed by atoms with van der Waals surface area (Å²) in [5.41, 5.74) is 0.436. The molecule has 0 heterocycles. The molecule has 0 unspecified atom stereocenters. The van der Waals surface area contributed by atoms with E-state index < -0.39 is 5.41 Å². The van der Waals surface area contributed by atoms with Crippen LogP contribution in [0, 0.1) is 0 Å². The zero-order chi connectivity index (χ0) is 13.9. The van der Waals surface area contributed by atoms with Gasteiger partial charge in [0.05, 0.1) is 12.0 Å². The molecule has 0 aliphatic heterocycles. The zero-order valence-electron chi connectivity index (χ0n) is 10.8. The Bertz CT molecular complexity index is 498. The normalized spacial score (nSPS) is 15.7. The minimum Gasteiger partial charge on any atom is -0.355 e. The molecule has 0 spiro atoms. The lowest BCUT2D eigenvalue weighted by Gasteiger charge is -2.15. The van der Waals surface area contributed by atoms with Crippen LogP contribution in [0.15, 0.2) is 24.3 Å². The minimum atomic E-state index is -0.489. The van der Waals surface area contributed by atoms with Crippen molar-refractivity contribution >= 4 is 23.4 Å². The second-order valence-corrected chi connectivity index (χ2v) is 5.17. The highest BCUT2D eigenvalue weighted by Gasteiger charge is 2.51. The van der Waals surface area contributed by atoms with Crippen LogP contribution < -0.4 is 10.6 Å². The van der Waals surface area contributed by atoms with E-state index in [-0.39, 0.29) is 18.4 Å². The molecule has 1 fully saturated rings. The van der Waals surface area contributed by atoms with Gasteiger partial charge in [0.1, 0.15) is 0 Å². The van der Waals surface area contributed by atoms with Crippen molar-refractivity contribution in [3.63, 3.8) is 0 Å². The Balaban J connectivity index is 2.01. The Hall–Kier alpha value is -1.55. The Kier molecular flexibility index (Phi) is 4.10. The van der Waals surface area contributed by atoms with Crippen molar-refractivity contribution in [1.29, 1.82) is 0 Å². The largest absolute Gasteiger partial charge is 0.355 e.